The Morgan fingerprint density at radius 2 is 1.86 bits per heavy atom. The van der Waals surface area contributed by atoms with Gasteiger partial charge in [0.2, 0.25) is 5.91 Å². The second-order valence-electron chi connectivity index (χ2n) is 7.64. The SMILES string of the molecule is CCNC(=NCc1cccc(OC)c1OC1CCCC1)N1CCN(C(C)=O)CC1. The number of nitrogens with one attached hydrogen (secondary N) is 1. The Hall–Kier alpha value is -2.44. The number of methoxy groups -OCH3 is 1. The molecule has 160 valence electrons. The molecule has 0 bridgehead atoms. The summed E-state index contributed by atoms with van der Waals surface area (Å²) >= 11 is 0. The molecule has 0 aromatic heterocycles. The standard InChI is InChI=1S/C22H34N4O3/c1-4-23-22(26-14-12-25(13-15-26)17(2)27)24-16-18-8-7-11-20(28-3)21(18)29-19-9-5-6-10-19/h7-8,11,19H,4-6,9-10,12-16H2,1-3H3,(H,23,24). The topological polar surface area (TPSA) is 66.4 Å². The van der Waals surface area contributed by atoms with Gasteiger partial charge in [0.1, 0.15) is 0 Å². The van der Waals surface area contributed by atoms with E-state index >= 15 is 0 Å². The number of rotatable bonds is 6. The molecule has 1 aromatic rings. The van der Waals surface area contributed by atoms with Crippen molar-refractivity contribution in [2.75, 3.05) is 39.8 Å². The average Bonchev–Trinajstić information content (AvgIpc) is 3.25. The maximum atomic E-state index is 11.6. The van der Waals surface area contributed by atoms with Crippen molar-refractivity contribution >= 4 is 11.9 Å². The van der Waals surface area contributed by atoms with Gasteiger partial charge in [-0.2, -0.15) is 0 Å². The minimum atomic E-state index is 0.136. The molecule has 2 aliphatic rings. The van der Waals surface area contributed by atoms with Crippen LogP contribution in [-0.4, -0.2) is 67.6 Å². The molecule has 3 rings (SSSR count). The van der Waals surface area contributed by atoms with Gasteiger partial charge in [0.05, 0.1) is 19.8 Å². The van der Waals surface area contributed by atoms with Crippen LogP contribution in [0.1, 0.15) is 45.1 Å². The van der Waals surface area contributed by atoms with Crippen LogP contribution in [0.5, 0.6) is 11.5 Å². The summed E-state index contributed by atoms with van der Waals surface area (Å²) in [6.07, 6.45) is 4.92. The molecule has 1 saturated heterocycles. The van der Waals surface area contributed by atoms with Crippen molar-refractivity contribution in [1.82, 2.24) is 15.1 Å². The fourth-order valence-corrected chi connectivity index (χ4v) is 3.97. The lowest BCUT2D eigenvalue weighted by molar-refractivity contribution is -0.130. The molecule has 1 aliphatic carbocycles. The Morgan fingerprint density at radius 1 is 1.17 bits per heavy atom. The number of piperazine rings is 1. The third-order valence-corrected chi connectivity index (χ3v) is 5.63. The second kappa shape index (κ2) is 10.4. The number of hydrogen-bond acceptors (Lipinski definition) is 4. The molecule has 1 heterocycles. The van der Waals surface area contributed by atoms with Crippen LogP contribution in [0.4, 0.5) is 0 Å². The van der Waals surface area contributed by atoms with Crippen LogP contribution < -0.4 is 14.8 Å². The van der Waals surface area contributed by atoms with E-state index in [9.17, 15) is 4.79 Å². The summed E-state index contributed by atoms with van der Waals surface area (Å²) in [5, 5.41) is 3.39. The van der Waals surface area contributed by atoms with Crippen LogP contribution >= 0.6 is 0 Å². The Kier molecular flexibility index (Phi) is 7.61. The van der Waals surface area contributed by atoms with E-state index in [4.69, 9.17) is 14.5 Å². The number of carbonyl (C=O) groups excluding carboxylic acids is 1. The molecule has 7 heteroatoms. The predicted octanol–water partition coefficient (Wildman–Crippen LogP) is 2.65. The zero-order valence-electron chi connectivity index (χ0n) is 17.9. The number of ether oxygens (including phenoxy) is 2. The smallest absolute Gasteiger partial charge is 0.219 e. The van der Waals surface area contributed by atoms with E-state index in [-0.39, 0.29) is 12.0 Å². The van der Waals surface area contributed by atoms with Crippen LogP contribution in [0.25, 0.3) is 0 Å². The molecule has 1 amide bonds. The molecular formula is C22H34N4O3. The summed E-state index contributed by atoms with van der Waals surface area (Å²) in [6.45, 7) is 8.06. The summed E-state index contributed by atoms with van der Waals surface area (Å²) in [5.74, 6) is 2.61. The first-order chi connectivity index (χ1) is 14.1. The van der Waals surface area contributed by atoms with Crippen molar-refractivity contribution in [3.8, 4) is 11.5 Å². The van der Waals surface area contributed by atoms with Crippen molar-refractivity contribution in [2.45, 2.75) is 52.2 Å². The fraction of sp³-hybridized carbons (Fsp3) is 0.636. The highest BCUT2D eigenvalue weighted by atomic mass is 16.5. The number of benzene rings is 1. The molecule has 0 spiro atoms. The molecule has 29 heavy (non-hydrogen) atoms. The molecule has 1 aliphatic heterocycles. The largest absolute Gasteiger partial charge is 0.493 e. The van der Waals surface area contributed by atoms with Crippen molar-refractivity contribution in [2.24, 2.45) is 4.99 Å². The first-order valence-corrected chi connectivity index (χ1v) is 10.7. The quantitative estimate of drug-likeness (QED) is 0.585. The number of amides is 1. The van der Waals surface area contributed by atoms with E-state index < -0.39 is 0 Å². The van der Waals surface area contributed by atoms with Gasteiger partial charge in [0, 0.05) is 45.2 Å². The number of guanidine groups is 1. The molecule has 2 fully saturated rings. The Labute approximate surface area is 174 Å². The number of carbonyl (C=O) groups is 1. The maximum Gasteiger partial charge on any atom is 0.219 e. The first-order valence-electron chi connectivity index (χ1n) is 10.7. The summed E-state index contributed by atoms with van der Waals surface area (Å²) < 4.78 is 11.9. The molecule has 7 nitrogen and oxygen atoms in total. The van der Waals surface area contributed by atoms with Crippen LogP contribution in [0, 0.1) is 0 Å². The lowest BCUT2D eigenvalue weighted by Gasteiger charge is -2.36. The molecule has 0 radical (unpaired) electrons. The van der Waals surface area contributed by atoms with E-state index in [1.54, 1.807) is 14.0 Å². The molecule has 1 saturated carbocycles. The number of nitrogens with zero attached hydrogens (tertiary/aromatic N) is 3. The predicted molar refractivity (Wildman–Crippen MR) is 115 cm³/mol. The highest BCUT2D eigenvalue weighted by Gasteiger charge is 2.22. The zero-order valence-corrected chi connectivity index (χ0v) is 17.9. The van der Waals surface area contributed by atoms with E-state index in [1.165, 1.54) is 12.8 Å². The van der Waals surface area contributed by atoms with Crippen LogP contribution in [0.2, 0.25) is 0 Å². The van der Waals surface area contributed by atoms with E-state index in [1.807, 2.05) is 17.0 Å². The maximum absolute atomic E-state index is 11.6. The minimum absolute atomic E-state index is 0.136. The van der Waals surface area contributed by atoms with Gasteiger partial charge >= 0.3 is 0 Å². The highest BCUT2D eigenvalue weighted by molar-refractivity contribution is 5.80. The average molecular weight is 403 g/mol. The van der Waals surface area contributed by atoms with E-state index in [0.717, 1.165) is 68.6 Å². The lowest BCUT2D eigenvalue weighted by Crippen LogP contribution is -2.53. The number of para-hydroxylation sites is 1. The van der Waals surface area contributed by atoms with Crippen LogP contribution in [-0.2, 0) is 11.3 Å². The second-order valence-corrected chi connectivity index (χ2v) is 7.64. The molecular weight excluding hydrogens is 368 g/mol. The Morgan fingerprint density at radius 3 is 2.48 bits per heavy atom. The van der Waals surface area contributed by atoms with E-state index in [0.29, 0.717) is 6.54 Å². The van der Waals surface area contributed by atoms with Crippen molar-refractivity contribution in [1.29, 1.82) is 0 Å². The summed E-state index contributed by atoms with van der Waals surface area (Å²) in [7, 11) is 1.68. The van der Waals surface area contributed by atoms with Gasteiger partial charge in [0.25, 0.3) is 0 Å². The monoisotopic (exact) mass is 402 g/mol. The first kappa shape index (κ1) is 21.3. The normalized spacial score (nSPS) is 18.1. The number of hydrogen-bond donors (Lipinski definition) is 1. The summed E-state index contributed by atoms with van der Waals surface area (Å²) in [6, 6.07) is 6.00. The Balaban J connectivity index is 1.74. The van der Waals surface area contributed by atoms with Gasteiger partial charge in [-0.1, -0.05) is 12.1 Å². The lowest BCUT2D eigenvalue weighted by atomic mass is 10.1. The van der Waals surface area contributed by atoms with Gasteiger partial charge in [-0.05, 0) is 38.7 Å². The van der Waals surface area contributed by atoms with Gasteiger partial charge in [-0.15, -0.1) is 0 Å². The van der Waals surface area contributed by atoms with Crippen molar-refractivity contribution in [3.63, 3.8) is 0 Å². The zero-order chi connectivity index (χ0) is 20.6. The van der Waals surface area contributed by atoms with Crippen LogP contribution in [0.15, 0.2) is 23.2 Å². The van der Waals surface area contributed by atoms with Gasteiger partial charge in [-0.3, -0.25) is 4.79 Å². The third-order valence-electron chi connectivity index (χ3n) is 5.63. The minimum Gasteiger partial charge on any atom is -0.493 e. The van der Waals surface area contributed by atoms with Gasteiger partial charge in [-0.25, -0.2) is 4.99 Å². The third kappa shape index (κ3) is 5.55. The highest BCUT2D eigenvalue weighted by Crippen LogP contribution is 2.35. The molecule has 0 unspecified atom stereocenters. The van der Waals surface area contributed by atoms with Gasteiger partial charge in [0.15, 0.2) is 17.5 Å². The van der Waals surface area contributed by atoms with Crippen LogP contribution in [0.3, 0.4) is 0 Å². The molecule has 1 aromatic carbocycles. The van der Waals surface area contributed by atoms with Gasteiger partial charge < -0.3 is 24.6 Å². The number of aliphatic imine (C=N–C) groups is 1. The van der Waals surface area contributed by atoms with Crippen molar-refractivity contribution in [3.05, 3.63) is 23.8 Å². The van der Waals surface area contributed by atoms with Crippen molar-refractivity contribution < 1.29 is 14.3 Å². The fourth-order valence-electron chi connectivity index (χ4n) is 3.97. The summed E-state index contributed by atoms with van der Waals surface area (Å²) in [5.41, 5.74) is 1.04. The molecule has 0 atom stereocenters. The molecule has 1 N–H and O–H groups in total. The Bertz CT molecular complexity index is 708. The summed E-state index contributed by atoms with van der Waals surface area (Å²) in [4.78, 5) is 20.6. The van der Waals surface area contributed by atoms with E-state index in [2.05, 4.69) is 23.2 Å².